The number of nitriles is 2. The van der Waals surface area contributed by atoms with Crippen molar-refractivity contribution in [2.75, 3.05) is 4.90 Å². The quantitative estimate of drug-likeness (QED) is 0.774. The zero-order valence-corrected chi connectivity index (χ0v) is 16.2. The van der Waals surface area contributed by atoms with E-state index >= 15 is 0 Å². The Balaban J connectivity index is 2.21. The number of nitrogens with one attached hydrogen (secondary N) is 1. The fourth-order valence-corrected chi connectivity index (χ4v) is 3.72. The van der Waals surface area contributed by atoms with Gasteiger partial charge in [0.1, 0.15) is 11.8 Å². The Hall–Kier alpha value is -4.11. The van der Waals surface area contributed by atoms with E-state index in [1.165, 1.54) is 31.2 Å². The molecule has 1 heterocycles. The molecule has 6 nitrogen and oxygen atoms in total. The minimum atomic E-state index is -4.60. The van der Waals surface area contributed by atoms with Gasteiger partial charge in [-0.15, -0.1) is 0 Å². The zero-order valence-electron chi connectivity index (χ0n) is 16.2. The summed E-state index contributed by atoms with van der Waals surface area (Å²) in [6.07, 6.45) is -4.60. The fourth-order valence-electron chi connectivity index (χ4n) is 3.72. The molecule has 0 aliphatic carbocycles. The van der Waals surface area contributed by atoms with Gasteiger partial charge in [-0.05, 0) is 42.8 Å². The number of anilines is 1. The second-order valence-corrected chi connectivity index (χ2v) is 6.97. The molecule has 2 aromatic rings. The lowest BCUT2D eigenvalue weighted by Crippen LogP contribution is -2.48. The lowest BCUT2D eigenvalue weighted by molar-refractivity contribution is -0.137. The molecular formula is C22H16F3N5O. The Labute approximate surface area is 176 Å². The summed E-state index contributed by atoms with van der Waals surface area (Å²) in [5, 5.41) is 27.4. The predicted molar refractivity (Wildman–Crippen MR) is 107 cm³/mol. The molecule has 1 aliphatic rings. The molecular weight excluding hydrogens is 407 g/mol. The van der Waals surface area contributed by atoms with Crippen LogP contribution in [0.15, 0.2) is 59.8 Å². The van der Waals surface area contributed by atoms with E-state index < -0.39 is 29.5 Å². The molecule has 2 atom stereocenters. The molecule has 9 heteroatoms. The first-order valence-electron chi connectivity index (χ1n) is 9.06. The Morgan fingerprint density at radius 1 is 1.13 bits per heavy atom. The van der Waals surface area contributed by atoms with Crippen LogP contribution in [0.25, 0.3) is 0 Å². The van der Waals surface area contributed by atoms with E-state index in [0.717, 1.165) is 17.0 Å². The number of carbonyl (C=O) groups is 1. The van der Waals surface area contributed by atoms with Gasteiger partial charge in [0.2, 0.25) is 5.91 Å². The molecule has 3 N–H and O–H groups in total. The van der Waals surface area contributed by atoms with E-state index in [4.69, 9.17) is 16.4 Å². The highest BCUT2D eigenvalue weighted by Crippen LogP contribution is 2.42. The third-order valence-electron chi connectivity index (χ3n) is 5.16. The standard InChI is InChI=1S/C22H16F3N5O/c1-12-17(11-27)18(14-7-5-13(10-26)6-8-14)19(21(29)31)20(28)30(12)16-4-2-3-15(9-16)22(23,24)25/h2-9,18-19,28H,1H3,(H2,29,31). The second kappa shape index (κ2) is 7.96. The SMILES string of the molecule is CC1=C(C#N)C(c2ccc(C#N)cc2)C(C(N)=O)C(=N)N1c1cccc(C(F)(F)F)c1. The van der Waals surface area contributed by atoms with Gasteiger partial charge in [-0.3, -0.25) is 10.2 Å². The summed E-state index contributed by atoms with van der Waals surface area (Å²) < 4.78 is 39.6. The maximum atomic E-state index is 13.2. The summed E-state index contributed by atoms with van der Waals surface area (Å²) in [6.45, 7) is 1.50. The van der Waals surface area contributed by atoms with Crippen molar-refractivity contribution >= 4 is 17.4 Å². The average Bonchev–Trinajstić information content (AvgIpc) is 2.73. The third-order valence-corrected chi connectivity index (χ3v) is 5.16. The molecule has 0 radical (unpaired) electrons. The number of amidine groups is 1. The van der Waals surface area contributed by atoms with E-state index in [-0.39, 0.29) is 22.8 Å². The minimum absolute atomic E-state index is 0.00500. The molecule has 31 heavy (non-hydrogen) atoms. The van der Waals surface area contributed by atoms with Gasteiger partial charge in [0.25, 0.3) is 0 Å². The summed E-state index contributed by atoms with van der Waals surface area (Å²) in [4.78, 5) is 13.5. The molecule has 156 valence electrons. The molecule has 3 rings (SSSR count). The van der Waals surface area contributed by atoms with Crippen molar-refractivity contribution in [1.29, 1.82) is 15.9 Å². The lowest BCUT2D eigenvalue weighted by atomic mass is 9.75. The molecule has 1 aliphatic heterocycles. The highest BCUT2D eigenvalue weighted by atomic mass is 19.4. The van der Waals surface area contributed by atoms with Crippen LogP contribution in [-0.4, -0.2) is 11.7 Å². The zero-order chi connectivity index (χ0) is 22.9. The van der Waals surface area contributed by atoms with Crippen LogP contribution in [0, 0.1) is 34.0 Å². The van der Waals surface area contributed by atoms with Crippen molar-refractivity contribution in [2.45, 2.75) is 19.0 Å². The van der Waals surface area contributed by atoms with Gasteiger partial charge in [0.05, 0.1) is 28.8 Å². The number of benzene rings is 2. The fraction of sp³-hybridized carbons (Fsp3) is 0.182. The van der Waals surface area contributed by atoms with Crippen molar-refractivity contribution in [3.8, 4) is 12.1 Å². The van der Waals surface area contributed by atoms with Crippen molar-refractivity contribution in [3.63, 3.8) is 0 Å². The van der Waals surface area contributed by atoms with Gasteiger partial charge in [-0.25, -0.2) is 0 Å². The van der Waals surface area contributed by atoms with E-state index in [2.05, 4.69) is 0 Å². The van der Waals surface area contributed by atoms with Gasteiger partial charge < -0.3 is 10.6 Å². The van der Waals surface area contributed by atoms with Crippen LogP contribution in [0.5, 0.6) is 0 Å². The van der Waals surface area contributed by atoms with E-state index in [0.29, 0.717) is 11.1 Å². The van der Waals surface area contributed by atoms with Crippen LogP contribution in [-0.2, 0) is 11.0 Å². The minimum Gasteiger partial charge on any atom is -0.369 e. The number of hydrogen-bond acceptors (Lipinski definition) is 4. The summed E-state index contributed by atoms with van der Waals surface area (Å²) >= 11 is 0. The number of allylic oxidation sites excluding steroid dienone is 2. The van der Waals surface area contributed by atoms with Gasteiger partial charge in [-0.2, -0.15) is 23.7 Å². The number of halogens is 3. The lowest BCUT2D eigenvalue weighted by Gasteiger charge is -2.39. The van der Waals surface area contributed by atoms with Crippen LogP contribution in [0.3, 0.4) is 0 Å². The van der Waals surface area contributed by atoms with E-state index in [1.54, 1.807) is 12.1 Å². The molecule has 0 spiro atoms. The summed E-state index contributed by atoms with van der Waals surface area (Å²) in [6, 6.07) is 14.5. The molecule has 2 aromatic carbocycles. The van der Waals surface area contributed by atoms with Crippen molar-refractivity contribution in [1.82, 2.24) is 0 Å². The Bertz CT molecular complexity index is 1170. The topological polar surface area (TPSA) is 118 Å². The first-order valence-corrected chi connectivity index (χ1v) is 9.06. The first kappa shape index (κ1) is 21.6. The van der Waals surface area contributed by atoms with Crippen molar-refractivity contribution in [3.05, 3.63) is 76.5 Å². The highest BCUT2D eigenvalue weighted by Gasteiger charge is 2.43. The molecule has 0 aromatic heterocycles. The number of amides is 1. The number of nitrogens with two attached hydrogens (primary N) is 1. The van der Waals surface area contributed by atoms with Gasteiger partial charge in [0, 0.05) is 17.3 Å². The molecule has 1 amide bonds. The molecule has 0 saturated carbocycles. The Morgan fingerprint density at radius 3 is 2.29 bits per heavy atom. The largest absolute Gasteiger partial charge is 0.416 e. The van der Waals surface area contributed by atoms with Crippen molar-refractivity contribution < 1.29 is 18.0 Å². The smallest absolute Gasteiger partial charge is 0.369 e. The van der Waals surface area contributed by atoms with Crippen LogP contribution >= 0.6 is 0 Å². The van der Waals surface area contributed by atoms with Crippen LogP contribution in [0.2, 0.25) is 0 Å². The Kier molecular flexibility index (Phi) is 5.54. The number of primary amides is 1. The van der Waals surface area contributed by atoms with Crippen LogP contribution in [0.1, 0.15) is 29.5 Å². The molecule has 2 unspecified atom stereocenters. The maximum Gasteiger partial charge on any atom is 0.416 e. The third kappa shape index (κ3) is 3.86. The summed E-state index contributed by atoms with van der Waals surface area (Å²) in [5.41, 5.74) is 5.83. The number of rotatable bonds is 3. The Morgan fingerprint density at radius 2 is 1.77 bits per heavy atom. The monoisotopic (exact) mass is 423 g/mol. The maximum absolute atomic E-state index is 13.2. The van der Waals surface area contributed by atoms with E-state index in [9.17, 15) is 23.2 Å². The molecule has 0 fully saturated rings. The van der Waals surface area contributed by atoms with Gasteiger partial charge in [0.15, 0.2) is 0 Å². The first-order chi connectivity index (χ1) is 14.6. The summed E-state index contributed by atoms with van der Waals surface area (Å²) in [7, 11) is 0. The number of hydrogen-bond donors (Lipinski definition) is 2. The molecule has 0 bridgehead atoms. The molecule has 0 saturated heterocycles. The number of alkyl halides is 3. The van der Waals surface area contributed by atoms with Crippen LogP contribution in [0.4, 0.5) is 18.9 Å². The number of nitrogens with zero attached hydrogens (tertiary/aromatic N) is 3. The van der Waals surface area contributed by atoms with Crippen molar-refractivity contribution in [2.24, 2.45) is 11.7 Å². The highest BCUT2D eigenvalue weighted by molar-refractivity contribution is 6.13. The van der Waals surface area contributed by atoms with Crippen LogP contribution < -0.4 is 10.6 Å². The van der Waals surface area contributed by atoms with E-state index in [1.807, 2.05) is 12.1 Å². The summed E-state index contributed by atoms with van der Waals surface area (Å²) in [5.74, 6) is -3.42. The van der Waals surface area contributed by atoms with Gasteiger partial charge >= 0.3 is 6.18 Å². The normalized spacial score (nSPS) is 19.0. The second-order valence-electron chi connectivity index (χ2n) is 6.97. The van der Waals surface area contributed by atoms with Gasteiger partial charge in [-0.1, -0.05) is 18.2 Å². The number of carbonyl (C=O) groups excluding carboxylic acids is 1. The average molecular weight is 423 g/mol. The predicted octanol–water partition coefficient (Wildman–Crippen LogP) is 4.06.